The van der Waals surface area contributed by atoms with Crippen molar-refractivity contribution in [2.45, 2.75) is 90.3 Å². The van der Waals surface area contributed by atoms with Gasteiger partial charge in [0.2, 0.25) is 5.78 Å². The quantitative estimate of drug-likeness (QED) is 0.106. The summed E-state index contributed by atoms with van der Waals surface area (Å²) in [6.07, 6.45) is 7.01. The third kappa shape index (κ3) is 5.86. The van der Waals surface area contributed by atoms with Crippen LogP contribution >= 0.6 is 0 Å². The Morgan fingerprint density at radius 2 is 1.93 bits per heavy atom. The monoisotopic (exact) mass is 562 g/mol. The average molecular weight is 563 g/mol. The third-order valence-corrected chi connectivity index (χ3v) is 8.20. The first kappa shape index (κ1) is 30.6. The molecule has 2 heterocycles. The second-order valence-electron chi connectivity index (χ2n) is 11.7. The first-order valence-electron chi connectivity index (χ1n) is 14.7. The van der Waals surface area contributed by atoms with Crippen molar-refractivity contribution >= 4 is 23.4 Å². The van der Waals surface area contributed by atoms with Crippen LogP contribution in [0.5, 0.6) is 0 Å². The number of esters is 1. The number of pyridine rings is 1. The van der Waals surface area contributed by atoms with Crippen LogP contribution in [0.2, 0.25) is 0 Å². The van der Waals surface area contributed by atoms with Crippen LogP contribution in [0.4, 0.5) is 5.82 Å². The smallest absolute Gasteiger partial charge is 0.350 e. The van der Waals surface area contributed by atoms with Crippen LogP contribution in [-0.4, -0.2) is 52.0 Å². The van der Waals surface area contributed by atoms with E-state index in [0.717, 1.165) is 36.0 Å². The Morgan fingerprint density at radius 1 is 1.15 bits per heavy atom. The van der Waals surface area contributed by atoms with Crippen LogP contribution in [-0.2, 0) is 27.1 Å². The van der Waals surface area contributed by atoms with Crippen LogP contribution in [0.1, 0.15) is 98.1 Å². The number of hydrogen-bond acceptors (Lipinski definition) is 8. The lowest BCUT2D eigenvalue weighted by molar-refractivity contribution is -0.148. The van der Waals surface area contributed by atoms with E-state index in [1.54, 1.807) is 24.4 Å². The van der Waals surface area contributed by atoms with E-state index in [2.05, 4.69) is 11.9 Å². The maximum absolute atomic E-state index is 14.2. The molecule has 41 heavy (non-hydrogen) atoms. The van der Waals surface area contributed by atoms with Gasteiger partial charge in [-0.1, -0.05) is 63.8 Å². The van der Waals surface area contributed by atoms with E-state index in [4.69, 9.17) is 15.2 Å². The molecular formula is C33H42N2O6. The number of nitrogens with zero attached hydrogens (tertiary/aromatic N) is 1. The lowest BCUT2D eigenvalue weighted by atomic mass is 9.69. The van der Waals surface area contributed by atoms with Crippen molar-refractivity contribution in [3.05, 3.63) is 69.9 Å². The number of rotatable bonds is 14. The zero-order chi connectivity index (χ0) is 29.8. The summed E-state index contributed by atoms with van der Waals surface area (Å²) >= 11 is 0. The van der Waals surface area contributed by atoms with Gasteiger partial charge in [-0.3, -0.25) is 9.59 Å². The molecule has 3 N–H and O–H groups in total. The zero-order valence-electron chi connectivity index (χ0n) is 24.6. The van der Waals surface area contributed by atoms with Gasteiger partial charge in [-0.15, -0.1) is 0 Å². The van der Waals surface area contributed by atoms with E-state index >= 15 is 0 Å². The number of unbranched alkanes of at least 4 members (excludes halogenated alkanes) is 3. The maximum atomic E-state index is 14.2. The van der Waals surface area contributed by atoms with Crippen molar-refractivity contribution < 1.29 is 29.0 Å². The Kier molecular flexibility index (Phi) is 9.44. The number of nitrogens with two attached hydrogens (primary N) is 1. The second-order valence-corrected chi connectivity index (χ2v) is 11.7. The fourth-order valence-corrected chi connectivity index (χ4v) is 5.87. The minimum Gasteiger partial charge on any atom is -0.463 e. The summed E-state index contributed by atoms with van der Waals surface area (Å²) in [7, 11) is 0. The number of hydrogen-bond donors (Lipinski definition) is 2. The number of carbonyl (C=O) groups excluding carboxylic acids is 3. The minimum absolute atomic E-state index is 0.0722. The molecule has 1 aliphatic carbocycles. The number of benzene rings is 1. The Hall–Kier alpha value is -3.36. The molecule has 2 aliphatic rings. The number of carbonyl (C=O) groups is 3. The molecule has 0 bridgehead atoms. The molecule has 1 saturated heterocycles. The molecule has 1 fully saturated rings. The third-order valence-electron chi connectivity index (χ3n) is 8.20. The summed E-state index contributed by atoms with van der Waals surface area (Å²) < 4.78 is 11.7. The number of Topliss-reactive ketones (excluding diaryl/α,β-unsaturated/α-hetero) is 2. The molecule has 1 aromatic heterocycles. The molecule has 2 aromatic rings. The highest BCUT2D eigenvalue weighted by Gasteiger charge is 2.85. The summed E-state index contributed by atoms with van der Waals surface area (Å²) in [5.74, 6) is -1.10. The largest absolute Gasteiger partial charge is 0.463 e. The van der Waals surface area contributed by atoms with Crippen LogP contribution < -0.4 is 5.73 Å². The molecule has 0 unspecified atom stereocenters. The predicted molar refractivity (Wildman–Crippen MR) is 157 cm³/mol. The van der Waals surface area contributed by atoms with Crippen LogP contribution in [0, 0.1) is 5.92 Å². The highest BCUT2D eigenvalue weighted by molar-refractivity contribution is 6.33. The highest BCUT2D eigenvalue weighted by atomic mass is 16.7. The lowest BCUT2D eigenvalue weighted by Crippen LogP contribution is -2.51. The van der Waals surface area contributed by atoms with Gasteiger partial charge in [0.1, 0.15) is 5.82 Å². The Morgan fingerprint density at radius 3 is 2.61 bits per heavy atom. The van der Waals surface area contributed by atoms with Crippen molar-refractivity contribution in [3.8, 4) is 0 Å². The molecule has 0 amide bonds. The van der Waals surface area contributed by atoms with E-state index in [1.165, 1.54) is 0 Å². The van der Waals surface area contributed by atoms with Gasteiger partial charge in [-0.05, 0) is 67.4 Å². The molecule has 1 aliphatic heterocycles. The normalized spacial score (nSPS) is 21.8. The fraction of sp³-hybridized carbons (Fsp3) is 0.515. The number of aromatic nitrogens is 1. The summed E-state index contributed by atoms with van der Waals surface area (Å²) in [6, 6.07) is 8.90. The number of anilines is 1. The van der Waals surface area contributed by atoms with E-state index in [-0.39, 0.29) is 36.7 Å². The predicted octanol–water partition coefficient (Wildman–Crippen LogP) is 5.20. The summed E-state index contributed by atoms with van der Waals surface area (Å²) in [5.41, 5.74) is 5.67. The summed E-state index contributed by atoms with van der Waals surface area (Å²) in [6.45, 7) is 7.86. The fourth-order valence-electron chi connectivity index (χ4n) is 5.87. The molecular weight excluding hydrogens is 520 g/mol. The van der Waals surface area contributed by atoms with Gasteiger partial charge in [-0.2, -0.15) is 0 Å². The number of ketones is 2. The number of aliphatic hydroxyl groups excluding tert-OH is 1. The standard InChI is InChI=1S/C33H42N2O6/c1-5-6-7-8-16-40-31(39)33-30(38)28-24(17-21(2)3)10-9-11-26(28)29(37)32(33,41-33)19-25(20-36)22(4)12-13-23-14-15-35-27(34)18-23/h9-11,14-15,18,21,36H,5-8,12-13,16-17,19-20H2,1-4H3,(H2,34,35)/b25-22-/t32-,33-/m0/s1. The molecule has 0 radical (unpaired) electrons. The molecule has 0 saturated carbocycles. The number of aryl methyl sites for hydroxylation is 1. The zero-order valence-corrected chi connectivity index (χ0v) is 24.6. The Balaban J connectivity index is 1.69. The van der Waals surface area contributed by atoms with Crippen molar-refractivity contribution in [2.24, 2.45) is 5.92 Å². The molecule has 2 atom stereocenters. The number of fused-ring (bicyclic) bond motifs is 2. The molecule has 8 nitrogen and oxygen atoms in total. The first-order valence-corrected chi connectivity index (χ1v) is 14.7. The van der Waals surface area contributed by atoms with Gasteiger partial charge in [0.15, 0.2) is 11.4 Å². The van der Waals surface area contributed by atoms with Gasteiger partial charge in [0.05, 0.1) is 13.2 Å². The average Bonchev–Trinajstić information content (AvgIpc) is 3.64. The molecule has 0 spiro atoms. The molecule has 220 valence electrons. The van der Waals surface area contributed by atoms with Crippen molar-refractivity contribution in [1.82, 2.24) is 4.98 Å². The van der Waals surface area contributed by atoms with Gasteiger partial charge < -0.3 is 20.3 Å². The number of aliphatic hydroxyl groups is 1. The van der Waals surface area contributed by atoms with Crippen LogP contribution in [0.25, 0.3) is 0 Å². The van der Waals surface area contributed by atoms with Crippen LogP contribution in [0.15, 0.2) is 47.7 Å². The maximum Gasteiger partial charge on any atom is 0.350 e. The van der Waals surface area contributed by atoms with Gasteiger partial charge in [0, 0.05) is 23.7 Å². The molecule has 8 heteroatoms. The molecule has 1 aromatic carbocycles. The van der Waals surface area contributed by atoms with Crippen LogP contribution in [0.3, 0.4) is 0 Å². The number of ether oxygens (including phenoxy) is 2. The van der Waals surface area contributed by atoms with E-state index < -0.39 is 28.7 Å². The van der Waals surface area contributed by atoms with Crippen molar-refractivity contribution in [1.29, 1.82) is 0 Å². The summed E-state index contributed by atoms with van der Waals surface area (Å²) in [5, 5.41) is 10.4. The second kappa shape index (κ2) is 12.7. The van der Waals surface area contributed by atoms with Crippen molar-refractivity contribution in [2.75, 3.05) is 18.9 Å². The molecule has 4 rings (SSSR count). The van der Waals surface area contributed by atoms with Gasteiger partial charge in [0.25, 0.3) is 5.60 Å². The Labute approximate surface area is 242 Å². The summed E-state index contributed by atoms with van der Waals surface area (Å²) in [4.78, 5) is 46.1. The minimum atomic E-state index is -2.05. The highest BCUT2D eigenvalue weighted by Crippen LogP contribution is 2.60. The number of epoxide rings is 1. The van der Waals surface area contributed by atoms with Gasteiger partial charge in [-0.25, -0.2) is 9.78 Å². The van der Waals surface area contributed by atoms with E-state index in [0.29, 0.717) is 37.1 Å². The van der Waals surface area contributed by atoms with Gasteiger partial charge >= 0.3 is 5.97 Å². The number of allylic oxidation sites excluding steroid dienone is 1. The topological polar surface area (TPSA) is 132 Å². The Bertz CT molecular complexity index is 1350. The first-order chi connectivity index (χ1) is 19.6. The van der Waals surface area contributed by atoms with Crippen molar-refractivity contribution in [3.63, 3.8) is 0 Å². The lowest BCUT2D eigenvalue weighted by Gasteiger charge is -2.27. The SMILES string of the molecule is CCCCCCOC(=O)[C@]12O[C@@]1(C/C(CO)=C(\C)CCc1ccnc(N)c1)C(=O)c1cccc(CC(C)C)c1C2=O. The van der Waals surface area contributed by atoms with E-state index in [9.17, 15) is 19.5 Å². The number of nitrogen functional groups attached to an aromatic ring is 1. The van der Waals surface area contributed by atoms with E-state index in [1.807, 2.05) is 32.9 Å².